The fraction of sp³-hybridized carbons (Fsp3) is 0.200. The Balaban J connectivity index is 3.42. The van der Waals surface area contributed by atoms with Crippen molar-refractivity contribution >= 4 is 5.97 Å². The summed E-state index contributed by atoms with van der Waals surface area (Å²) in [6.07, 6.45) is -4.97. The van der Waals surface area contributed by atoms with Crippen molar-refractivity contribution in [1.29, 1.82) is 0 Å². The van der Waals surface area contributed by atoms with Crippen molar-refractivity contribution in [2.75, 3.05) is 0 Å². The number of carboxylic acids is 1. The smallest absolute Gasteiger partial charge is 0.424 e. The van der Waals surface area contributed by atoms with Crippen molar-refractivity contribution in [2.45, 2.75) is 6.18 Å². The highest BCUT2D eigenvalue weighted by atomic mass is 19.4. The van der Waals surface area contributed by atoms with Gasteiger partial charge in [-0.25, -0.2) is 4.79 Å². The van der Waals surface area contributed by atoms with Crippen LogP contribution in [0.2, 0.25) is 0 Å². The fourth-order valence-corrected chi connectivity index (χ4v) is 0.789. The number of hydrogen-bond acceptors (Lipinski definition) is 2. The molecule has 0 fully saturated rings. The predicted octanol–water partition coefficient (Wildman–Crippen LogP) is 0.420. The van der Waals surface area contributed by atoms with Gasteiger partial charge in [-0.05, 0) is 0 Å². The average Bonchev–Trinajstić information content (AvgIpc) is 2.28. The molecule has 0 unspecified atom stereocenters. The molecule has 0 aliphatic carbocycles. The van der Waals surface area contributed by atoms with Crippen LogP contribution in [0.1, 0.15) is 16.1 Å². The predicted molar refractivity (Wildman–Crippen MR) is 33.4 cm³/mol. The minimum absolute atomic E-state index is 1.18. The average molecular weight is 196 g/mol. The highest BCUT2D eigenvalue weighted by molar-refractivity contribution is 5.87. The Morgan fingerprint density at radius 2 is 1.85 bits per heavy atom. The van der Waals surface area contributed by atoms with Gasteiger partial charge in [-0.1, -0.05) is 0 Å². The molecule has 0 saturated heterocycles. The number of rotatable bonds is 1. The van der Waals surface area contributed by atoms with E-state index in [1.807, 2.05) is 0 Å². The summed E-state index contributed by atoms with van der Waals surface area (Å²) < 4.78 is 36.0. The first kappa shape index (κ1) is 9.36. The van der Waals surface area contributed by atoms with Crippen molar-refractivity contribution in [3.8, 4) is 0 Å². The largest absolute Gasteiger partial charge is 0.477 e. The van der Waals surface area contributed by atoms with Gasteiger partial charge in [-0.15, -0.1) is 0 Å². The SMILES string of the molecule is O=C(O)c1[nH][nH]c(=O)c1C(F)(F)F. The molecule has 0 aliphatic rings. The van der Waals surface area contributed by atoms with Crippen LogP contribution in [0.15, 0.2) is 4.79 Å². The number of nitrogens with one attached hydrogen (secondary N) is 2. The Morgan fingerprint density at radius 3 is 2.15 bits per heavy atom. The maximum atomic E-state index is 12.0. The molecule has 0 bridgehead atoms. The lowest BCUT2D eigenvalue weighted by molar-refractivity contribution is -0.138. The van der Waals surface area contributed by atoms with Gasteiger partial charge in [0.05, 0.1) is 0 Å². The molecule has 0 amide bonds. The maximum Gasteiger partial charge on any atom is 0.424 e. The van der Waals surface area contributed by atoms with Crippen molar-refractivity contribution in [3.05, 3.63) is 21.6 Å². The van der Waals surface area contributed by atoms with E-state index in [2.05, 4.69) is 0 Å². The Morgan fingerprint density at radius 1 is 1.31 bits per heavy atom. The van der Waals surface area contributed by atoms with Crippen molar-refractivity contribution in [2.24, 2.45) is 0 Å². The van der Waals surface area contributed by atoms with Gasteiger partial charge in [0.25, 0.3) is 5.56 Å². The number of carboxylic acid groups (broad SMARTS) is 1. The summed E-state index contributed by atoms with van der Waals surface area (Å²) >= 11 is 0. The fourth-order valence-electron chi connectivity index (χ4n) is 0.789. The quantitative estimate of drug-likeness (QED) is 0.608. The molecule has 0 aromatic carbocycles. The van der Waals surface area contributed by atoms with Crippen LogP contribution in [0.4, 0.5) is 13.2 Å². The van der Waals surface area contributed by atoms with Crippen LogP contribution in [-0.4, -0.2) is 21.3 Å². The second-order valence-electron chi connectivity index (χ2n) is 2.13. The van der Waals surface area contributed by atoms with Gasteiger partial charge in [0, 0.05) is 0 Å². The second kappa shape index (κ2) is 2.64. The molecular formula is C5H3F3N2O3. The number of aromatic nitrogens is 2. The topological polar surface area (TPSA) is 85.9 Å². The zero-order chi connectivity index (χ0) is 10.2. The summed E-state index contributed by atoms with van der Waals surface area (Å²) in [5.41, 5.74) is -4.40. The monoisotopic (exact) mass is 196 g/mol. The van der Waals surface area contributed by atoms with Crippen molar-refractivity contribution in [1.82, 2.24) is 10.2 Å². The van der Waals surface area contributed by atoms with E-state index in [0.717, 1.165) is 0 Å². The van der Waals surface area contributed by atoms with E-state index in [9.17, 15) is 22.8 Å². The number of carbonyl (C=O) groups is 1. The number of alkyl halides is 3. The van der Waals surface area contributed by atoms with Crippen LogP contribution < -0.4 is 5.56 Å². The maximum absolute atomic E-state index is 12.0. The Labute approximate surface area is 68.2 Å². The van der Waals surface area contributed by atoms with Gasteiger partial charge in [0.1, 0.15) is 0 Å². The summed E-state index contributed by atoms with van der Waals surface area (Å²) in [4.78, 5) is 20.7. The molecule has 3 N–H and O–H groups in total. The number of halogens is 3. The number of aromatic amines is 2. The summed E-state index contributed by atoms with van der Waals surface area (Å²) in [5, 5.41) is 11.4. The lowest BCUT2D eigenvalue weighted by Gasteiger charge is -2.01. The Kier molecular flexibility index (Phi) is 1.90. The zero-order valence-electron chi connectivity index (χ0n) is 5.90. The van der Waals surface area contributed by atoms with Gasteiger partial charge in [0.2, 0.25) is 0 Å². The summed E-state index contributed by atoms with van der Waals surface area (Å²) in [5.74, 6) is -1.84. The van der Waals surface area contributed by atoms with E-state index in [4.69, 9.17) is 5.11 Å². The van der Waals surface area contributed by atoms with Crippen molar-refractivity contribution in [3.63, 3.8) is 0 Å². The Bertz CT molecular complexity index is 388. The van der Waals surface area contributed by atoms with Gasteiger partial charge in [-0.2, -0.15) is 13.2 Å². The standard InChI is InChI=1S/C5H3F3N2O3/c6-5(7,8)1-2(4(12)13)9-10-3(1)11/h(H,12,13)(H2,9,10,11). The van der Waals surface area contributed by atoms with Crippen molar-refractivity contribution < 1.29 is 23.1 Å². The van der Waals surface area contributed by atoms with Crippen LogP contribution in [0.3, 0.4) is 0 Å². The number of H-pyrrole nitrogens is 2. The van der Waals surface area contributed by atoms with Crippen LogP contribution in [0.5, 0.6) is 0 Å². The molecule has 1 rings (SSSR count). The zero-order valence-corrected chi connectivity index (χ0v) is 5.90. The molecule has 1 aromatic rings. The number of aromatic carboxylic acids is 1. The molecule has 72 valence electrons. The van der Waals surface area contributed by atoms with E-state index in [1.165, 1.54) is 0 Å². The van der Waals surface area contributed by atoms with Gasteiger partial charge >= 0.3 is 12.1 Å². The Hall–Kier alpha value is -1.73. The molecule has 13 heavy (non-hydrogen) atoms. The second-order valence-corrected chi connectivity index (χ2v) is 2.13. The third-order valence-corrected chi connectivity index (χ3v) is 1.28. The molecule has 8 heteroatoms. The summed E-state index contributed by atoms with van der Waals surface area (Å²) in [7, 11) is 0. The van der Waals surface area contributed by atoms with E-state index >= 15 is 0 Å². The van der Waals surface area contributed by atoms with E-state index < -0.39 is 29.0 Å². The first-order chi connectivity index (χ1) is 5.84. The van der Waals surface area contributed by atoms with E-state index in [1.54, 1.807) is 10.2 Å². The van der Waals surface area contributed by atoms with Crippen LogP contribution >= 0.6 is 0 Å². The number of hydrogen-bond donors (Lipinski definition) is 3. The molecule has 0 aliphatic heterocycles. The molecule has 1 aromatic heterocycles. The van der Waals surface area contributed by atoms with Crippen LogP contribution in [0.25, 0.3) is 0 Å². The third-order valence-electron chi connectivity index (χ3n) is 1.28. The summed E-state index contributed by atoms with van der Waals surface area (Å²) in [6, 6.07) is 0. The summed E-state index contributed by atoms with van der Waals surface area (Å²) in [6.45, 7) is 0. The molecule has 5 nitrogen and oxygen atoms in total. The molecule has 0 saturated carbocycles. The minimum Gasteiger partial charge on any atom is -0.477 e. The molecule has 0 spiro atoms. The van der Waals surface area contributed by atoms with Gasteiger partial charge in [0.15, 0.2) is 11.3 Å². The molecular weight excluding hydrogens is 193 g/mol. The normalized spacial score (nSPS) is 11.6. The lowest BCUT2D eigenvalue weighted by Crippen LogP contribution is -2.19. The minimum atomic E-state index is -4.97. The van der Waals surface area contributed by atoms with E-state index in [0.29, 0.717) is 0 Å². The van der Waals surface area contributed by atoms with Gasteiger partial charge in [-0.3, -0.25) is 15.0 Å². The first-order valence-electron chi connectivity index (χ1n) is 2.95. The first-order valence-corrected chi connectivity index (χ1v) is 2.95. The lowest BCUT2D eigenvalue weighted by atomic mass is 10.2. The highest BCUT2D eigenvalue weighted by Crippen LogP contribution is 2.28. The molecule has 0 radical (unpaired) electrons. The molecule has 0 atom stereocenters. The third kappa shape index (κ3) is 1.55. The molecule has 1 heterocycles. The highest BCUT2D eigenvalue weighted by Gasteiger charge is 2.40. The van der Waals surface area contributed by atoms with Crippen LogP contribution in [0, 0.1) is 0 Å². The van der Waals surface area contributed by atoms with Gasteiger partial charge < -0.3 is 5.11 Å². The van der Waals surface area contributed by atoms with E-state index in [-0.39, 0.29) is 0 Å². The van der Waals surface area contributed by atoms with Crippen LogP contribution in [-0.2, 0) is 6.18 Å².